The fraction of sp³-hybridized carbons (Fsp3) is 0.321. The molecule has 0 radical (unpaired) electrons. The Bertz CT molecular complexity index is 1280. The van der Waals surface area contributed by atoms with Gasteiger partial charge in [-0.15, -0.1) is 0 Å². The standard InChI is InChI=1S/C28H28N4O2/c1-20-26(33-27-12-8-23(17-29)18-30-27)11-9-24-25(31-34-28(20)24)10-7-21-13-15-32(16-14-21)19-22-5-3-2-4-6-22/h2-6,8-9,11-12,18,21H,7,10,13-16,19H2,1H3. The number of aryl methyl sites for hydroxylation is 2. The molecule has 1 aliphatic heterocycles. The second-order valence-electron chi connectivity index (χ2n) is 9.04. The van der Waals surface area contributed by atoms with Crippen LogP contribution in [0.3, 0.4) is 0 Å². The Morgan fingerprint density at radius 3 is 2.65 bits per heavy atom. The van der Waals surface area contributed by atoms with Gasteiger partial charge in [0.25, 0.3) is 0 Å². The van der Waals surface area contributed by atoms with Gasteiger partial charge in [0.05, 0.1) is 11.3 Å². The van der Waals surface area contributed by atoms with E-state index in [4.69, 9.17) is 14.5 Å². The summed E-state index contributed by atoms with van der Waals surface area (Å²) in [5, 5.41) is 14.4. The number of hydrogen-bond acceptors (Lipinski definition) is 6. The molecule has 172 valence electrons. The number of benzene rings is 2. The lowest BCUT2D eigenvalue weighted by atomic mass is 9.91. The summed E-state index contributed by atoms with van der Waals surface area (Å²) in [6.45, 7) is 5.33. The van der Waals surface area contributed by atoms with Gasteiger partial charge < -0.3 is 9.26 Å². The van der Waals surface area contributed by atoms with Crippen LogP contribution in [0.4, 0.5) is 0 Å². The first kappa shape index (κ1) is 22.1. The summed E-state index contributed by atoms with van der Waals surface area (Å²) in [6.07, 6.45) is 6.02. The molecule has 0 spiro atoms. The van der Waals surface area contributed by atoms with E-state index in [0.29, 0.717) is 17.2 Å². The third kappa shape index (κ3) is 4.95. The minimum atomic E-state index is 0.444. The molecular weight excluding hydrogens is 424 g/mol. The molecule has 2 aromatic heterocycles. The first-order chi connectivity index (χ1) is 16.7. The zero-order chi connectivity index (χ0) is 23.3. The van der Waals surface area contributed by atoms with Crippen LogP contribution in [0.5, 0.6) is 11.6 Å². The fourth-order valence-corrected chi connectivity index (χ4v) is 4.69. The van der Waals surface area contributed by atoms with Crippen molar-refractivity contribution >= 4 is 11.0 Å². The summed E-state index contributed by atoms with van der Waals surface area (Å²) in [6, 6.07) is 20.1. The monoisotopic (exact) mass is 452 g/mol. The Balaban J connectivity index is 1.18. The summed E-state index contributed by atoms with van der Waals surface area (Å²) in [5.74, 6) is 1.85. The number of aromatic nitrogens is 2. The summed E-state index contributed by atoms with van der Waals surface area (Å²) in [7, 11) is 0. The first-order valence-corrected chi connectivity index (χ1v) is 11.9. The van der Waals surface area contributed by atoms with Crippen molar-refractivity contribution in [2.45, 2.75) is 39.2 Å². The van der Waals surface area contributed by atoms with Gasteiger partial charge in [0.15, 0.2) is 5.58 Å². The molecule has 0 bridgehead atoms. The van der Waals surface area contributed by atoms with Gasteiger partial charge in [-0.1, -0.05) is 35.5 Å². The van der Waals surface area contributed by atoms with E-state index in [1.54, 1.807) is 12.1 Å². The molecule has 4 aromatic rings. The van der Waals surface area contributed by atoms with Crippen LogP contribution in [0, 0.1) is 24.2 Å². The molecule has 1 fully saturated rings. The highest BCUT2D eigenvalue weighted by atomic mass is 16.5. The highest BCUT2D eigenvalue weighted by molar-refractivity contribution is 5.84. The van der Waals surface area contributed by atoms with Crippen LogP contribution in [0.2, 0.25) is 0 Å². The lowest BCUT2D eigenvalue weighted by molar-refractivity contribution is 0.172. The smallest absolute Gasteiger partial charge is 0.219 e. The molecule has 0 amide bonds. The fourth-order valence-electron chi connectivity index (χ4n) is 4.69. The van der Waals surface area contributed by atoms with E-state index in [-0.39, 0.29) is 0 Å². The number of ether oxygens (including phenoxy) is 1. The zero-order valence-corrected chi connectivity index (χ0v) is 19.4. The molecule has 1 aliphatic rings. The topological polar surface area (TPSA) is 75.2 Å². The summed E-state index contributed by atoms with van der Waals surface area (Å²) < 4.78 is 11.6. The van der Waals surface area contributed by atoms with Crippen molar-refractivity contribution in [3.63, 3.8) is 0 Å². The van der Waals surface area contributed by atoms with Crippen LogP contribution in [0.15, 0.2) is 65.3 Å². The highest BCUT2D eigenvalue weighted by Gasteiger charge is 2.21. The van der Waals surface area contributed by atoms with Crippen molar-refractivity contribution in [3.8, 4) is 17.7 Å². The van der Waals surface area contributed by atoms with E-state index in [2.05, 4.69) is 51.4 Å². The molecule has 34 heavy (non-hydrogen) atoms. The van der Waals surface area contributed by atoms with Crippen LogP contribution in [-0.2, 0) is 13.0 Å². The Hall–Kier alpha value is -3.69. The minimum absolute atomic E-state index is 0.444. The predicted molar refractivity (Wildman–Crippen MR) is 131 cm³/mol. The maximum absolute atomic E-state index is 8.92. The van der Waals surface area contributed by atoms with E-state index in [1.165, 1.54) is 24.6 Å². The molecule has 0 aliphatic carbocycles. The van der Waals surface area contributed by atoms with E-state index >= 15 is 0 Å². The number of rotatable bonds is 7. The molecule has 1 saturated heterocycles. The third-order valence-corrected chi connectivity index (χ3v) is 6.74. The third-order valence-electron chi connectivity index (χ3n) is 6.74. The molecule has 3 heterocycles. The first-order valence-electron chi connectivity index (χ1n) is 11.9. The van der Waals surface area contributed by atoms with Gasteiger partial charge in [-0.3, -0.25) is 4.90 Å². The molecule has 0 unspecified atom stereocenters. The van der Waals surface area contributed by atoms with Gasteiger partial charge in [0, 0.05) is 29.8 Å². The van der Waals surface area contributed by atoms with E-state index in [1.807, 2.05) is 19.1 Å². The maximum atomic E-state index is 8.92. The normalized spacial score (nSPS) is 14.8. The lowest BCUT2D eigenvalue weighted by Gasteiger charge is -2.31. The zero-order valence-electron chi connectivity index (χ0n) is 19.4. The molecule has 2 aromatic carbocycles. The summed E-state index contributed by atoms with van der Waals surface area (Å²) in [5.41, 5.74) is 4.58. The number of fused-ring (bicyclic) bond motifs is 1. The van der Waals surface area contributed by atoms with Crippen molar-refractivity contribution in [1.82, 2.24) is 15.0 Å². The number of nitriles is 1. The number of nitrogens with zero attached hydrogens (tertiary/aromatic N) is 4. The van der Waals surface area contributed by atoms with Gasteiger partial charge in [0.2, 0.25) is 5.88 Å². The van der Waals surface area contributed by atoms with Gasteiger partial charge in [-0.2, -0.15) is 5.26 Å². The maximum Gasteiger partial charge on any atom is 0.219 e. The van der Waals surface area contributed by atoms with Gasteiger partial charge >= 0.3 is 0 Å². The number of likely N-dealkylation sites (tertiary alicyclic amines) is 1. The average Bonchev–Trinajstić information content (AvgIpc) is 3.30. The van der Waals surface area contributed by atoms with Crippen LogP contribution in [0.25, 0.3) is 11.0 Å². The Labute approximate surface area is 199 Å². The number of hydrogen-bond donors (Lipinski definition) is 0. The van der Waals surface area contributed by atoms with Crippen molar-refractivity contribution < 1.29 is 9.26 Å². The SMILES string of the molecule is Cc1c(Oc2ccc(C#N)cn2)ccc2c(CCC3CCN(Cc4ccccc4)CC3)noc12. The molecule has 0 N–H and O–H groups in total. The molecule has 0 saturated carbocycles. The van der Waals surface area contributed by atoms with E-state index < -0.39 is 0 Å². The molecule has 0 atom stereocenters. The van der Waals surface area contributed by atoms with Crippen molar-refractivity contribution in [2.75, 3.05) is 13.1 Å². The predicted octanol–water partition coefficient (Wildman–Crippen LogP) is 6.04. The Morgan fingerprint density at radius 1 is 1.09 bits per heavy atom. The van der Waals surface area contributed by atoms with Crippen molar-refractivity contribution in [3.05, 3.63) is 83.2 Å². The summed E-state index contributed by atoms with van der Waals surface area (Å²) >= 11 is 0. The molecular formula is C28H28N4O2. The van der Waals surface area contributed by atoms with E-state index in [0.717, 1.165) is 60.6 Å². The summed E-state index contributed by atoms with van der Waals surface area (Å²) in [4.78, 5) is 6.75. The van der Waals surface area contributed by atoms with Crippen LogP contribution < -0.4 is 4.74 Å². The highest BCUT2D eigenvalue weighted by Crippen LogP contribution is 2.33. The number of pyridine rings is 1. The lowest BCUT2D eigenvalue weighted by Crippen LogP contribution is -2.33. The van der Waals surface area contributed by atoms with Crippen LogP contribution in [-0.4, -0.2) is 28.1 Å². The molecule has 6 heteroatoms. The minimum Gasteiger partial charge on any atom is -0.439 e. The van der Waals surface area contributed by atoms with Crippen LogP contribution >= 0.6 is 0 Å². The van der Waals surface area contributed by atoms with E-state index in [9.17, 15) is 0 Å². The average molecular weight is 453 g/mol. The Kier molecular flexibility index (Phi) is 6.55. The van der Waals surface area contributed by atoms with Gasteiger partial charge in [-0.05, 0) is 75.4 Å². The number of piperidine rings is 1. The van der Waals surface area contributed by atoms with Crippen molar-refractivity contribution in [2.24, 2.45) is 5.92 Å². The second kappa shape index (κ2) is 10.1. The van der Waals surface area contributed by atoms with Gasteiger partial charge in [-0.25, -0.2) is 4.98 Å². The van der Waals surface area contributed by atoms with Crippen LogP contribution in [0.1, 0.15) is 41.6 Å². The quantitative estimate of drug-likeness (QED) is 0.340. The molecule has 5 rings (SSSR count). The second-order valence-corrected chi connectivity index (χ2v) is 9.04. The van der Waals surface area contributed by atoms with Gasteiger partial charge in [0.1, 0.15) is 11.8 Å². The Morgan fingerprint density at radius 2 is 1.91 bits per heavy atom. The van der Waals surface area contributed by atoms with Crippen molar-refractivity contribution in [1.29, 1.82) is 5.26 Å². The molecule has 6 nitrogen and oxygen atoms in total. The largest absolute Gasteiger partial charge is 0.439 e.